The Morgan fingerprint density at radius 2 is 2.47 bits per heavy atom. The molecule has 1 aromatic rings. The fourth-order valence-corrected chi connectivity index (χ4v) is 3.11. The lowest BCUT2D eigenvalue weighted by Gasteiger charge is -2.19. The summed E-state index contributed by atoms with van der Waals surface area (Å²) >= 11 is 1.64. The summed E-state index contributed by atoms with van der Waals surface area (Å²) in [5.74, 6) is -0.137. The lowest BCUT2D eigenvalue weighted by atomic mass is 9.92. The SMILES string of the molecule is CCOC(=O)C1CCCc2nc(C)sc21. The maximum absolute atomic E-state index is 11.7. The summed E-state index contributed by atoms with van der Waals surface area (Å²) in [6.07, 6.45) is 2.96. The third-order valence-electron chi connectivity index (χ3n) is 2.63. The Hall–Kier alpha value is -0.900. The fraction of sp³-hybridized carbons (Fsp3) is 0.636. The number of carbonyl (C=O) groups is 1. The smallest absolute Gasteiger partial charge is 0.314 e. The Labute approximate surface area is 93.5 Å². The van der Waals surface area contributed by atoms with Crippen LogP contribution in [0.1, 0.15) is 41.3 Å². The first-order chi connectivity index (χ1) is 7.22. The van der Waals surface area contributed by atoms with Crippen molar-refractivity contribution in [2.24, 2.45) is 0 Å². The van der Waals surface area contributed by atoms with Gasteiger partial charge >= 0.3 is 5.97 Å². The zero-order chi connectivity index (χ0) is 10.8. The van der Waals surface area contributed by atoms with E-state index in [1.165, 1.54) is 0 Å². The molecule has 0 spiro atoms. The molecule has 1 aromatic heterocycles. The van der Waals surface area contributed by atoms with E-state index in [2.05, 4.69) is 4.98 Å². The largest absolute Gasteiger partial charge is 0.465 e. The number of nitrogens with zero attached hydrogens (tertiary/aromatic N) is 1. The lowest BCUT2D eigenvalue weighted by Crippen LogP contribution is -2.19. The predicted molar refractivity (Wildman–Crippen MR) is 59.2 cm³/mol. The van der Waals surface area contributed by atoms with Crippen LogP contribution in [0.2, 0.25) is 0 Å². The van der Waals surface area contributed by atoms with Gasteiger partial charge in [-0.2, -0.15) is 0 Å². The molecule has 3 nitrogen and oxygen atoms in total. The molecule has 0 radical (unpaired) electrons. The van der Waals surface area contributed by atoms with Crippen molar-refractivity contribution >= 4 is 17.3 Å². The highest BCUT2D eigenvalue weighted by Crippen LogP contribution is 2.36. The summed E-state index contributed by atoms with van der Waals surface area (Å²) in [5.41, 5.74) is 1.11. The molecule has 0 N–H and O–H groups in total. The minimum Gasteiger partial charge on any atom is -0.465 e. The number of rotatable bonds is 2. The van der Waals surface area contributed by atoms with Gasteiger partial charge in [-0.05, 0) is 33.1 Å². The lowest BCUT2D eigenvalue weighted by molar-refractivity contribution is -0.145. The molecular weight excluding hydrogens is 210 g/mol. The minimum absolute atomic E-state index is 0.0556. The minimum atomic E-state index is -0.0814. The third kappa shape index (κ3) is 2.04. The zero-order valence-electron chi connectivity index (χ0n) is 9.08. The van der Waals surface area contributed by atoms with Gasteiger partial charge in [0.2, 0.25) is 0 Å². The average Bonchev–Trinajstić information content (AvgIpc) is 2.57. The maximum atomic E-state index is 11.7. The Morgan fingerprint density at radius 3 is 3.20 bits per heavy atom. The Balaban J connectivity index is 2.25. The first kappa shape index (κ1) is 10.6. The molecule has 0 aromatic carbocycles. The zero-order valence-corrected chi connectivity index (χ0v) is 9.89. The second-order valence-electron chi connectivity index (χ2n) is 3.74. The van der Waals surface area contributed by atoms with Gasteiger partial charge in [-0.1, -0.05) is 0 Å². The van der Waals surface area contributed by atoms with Crippen LogP contribution in [-0.2, 0) is 16.0 Å². The molecule has 0 fully saturated rings. The number of hydrogen-bond acceptors (Lipinski definition) is 4. The molecule has 1 aliphatic rings. The molecule has 2 rings (SSSR count). The van der Waals surface area contributed by atoms with E-state index < -0.39 is 0 Å². The van der Waals surface area contributed by atoms with Crippen LogP contribution in [0, 0.1) is 6.92 Å². The van der Waals surface area contributed by atoms with Gasteiger partial charge in [-0.25, -0.2) is 4.98 Å². The first-order valence-electron chi connectivity index (χ1n) is 5.35. The molecule has 0 saturated heterocycles. The van der Waals surface area contributed by atoms with E-state index in [1.54, 1.807) is 11.3 Å². The average molecular weight is 225 g/mol. The van der Waals surface area contributed by atoms with Crippen molar-refractivity contribution in [2.45, 2.75) is 39.0 Å². The molecule has 0 bridgehead atoms. The van der Waals surface area contributed by atoms with Crippen molar-refractivity contribution in [3.05, 3.63) is 15.6 Å². The van der Waals surface area contributed by atoms with E-state index in [-0.39, 0.29) is 11.9 Å². The summed E-state index contributed by atoms with van der Waals surface area (Å²) in [4.78, 5) is 17.3. The van der Waals surface area contributed by atoms with Gasteiger partial charge < -0.3 is 4.74 Å². The van der Waals surface area contributed by atoms with Crippen LogP contribution in [0.4, 0.5) is 0 Å². The number of hydrogen-bond donors (Lipinski definition) is 0. The highest BCUT2D eigenvalue weighted by atomic mass is 32.1. The van der Waals surface area contributed by atoms with Gasteiger partial charge in [0.1, 0.15) is 0 Å². The monoisotopic (exact) mass is 225 g/mol. The van der Waals surface area contributed by atoms with E-state index in [9.17, 15) is 4.79 Å². The highest BCUT2D eigenvalue weighted by molar-refractivity contribution is 7.11. The van der Waals surface area contributed by atoms with E-state index >= 15 is 0 Å². The van der Waals surface area contributed by atoms with Crippen LogP contribution in [0.5, 0.6) is 0 Å². The molecule has 1 unspecified atom stereocenters. The van der Waals surface area contributed by atoms with Crippen LogP contribution < -0.4 is 0 Å². The van der Waals surface area contributed by atoms with Gasteiger partial charge in [-0.15, -0.1) is 11.3 Å². The molecule has 1 atom stereocenters. The van der Waals surface area contributed by atoms with E-state index in [1.807, 2.05) is 13.8 Å². The quantitative estimate of drug-likeness (QED) is 0.726. The van der Waals surface area contributed by atoms with Crippen molar-refractivity contribution in [3.63, 3.8) is 0 Å². The number of thiazole rings is 1. The second kappa shape index (κ2) is 4.31. The van der Waals surface area contributed by atoms with Crippen LogP contribution in [0.3, 0.4) is 0 Å². The Bertz CT molecular complexity index is 373. The van der Waals surface area contributed by atoms with Crippen LogP contribution in [0.25, 0.3) is 0 Å². The number of fused-ring (bicyclic) bond motifs is 1. The van der Waals surface area contributed by atoms with Crippen LogP contribution in [0.15, 0.2) is 0 Å². The van der Waals surface area contributed by atoms with Crippen molar-refractivity contribution < 1.29 is 9.53 Å². The number of carbonyl (C=O) groups excluding carboxylic acids is 1. The van der Waals surface area contributed by atoms with Crippen molar-refractivity contribution in [2.75, 3.05) is 6.61 Å². The van der Waals surface area contributed by atoms with E-state index in [0.29, 0.717) is 6.61 Å². The standard InChI is InChI=1S/C11H15NO2S/c1-3-14-11(13)8-5-4-6-9-10(8)15-7(2)12-9/h8H,3-6H2,1-2H3. The van der Waals surface area contributed by atoms with Gasteiger partial charge in [0.25, 0.3) is 0 Å². The summed E-state index contributed by atoms with van der Waals surface area (Å²) < 4.78 is 5.09. The molecule has 0 amide bonds. The summed E-state index contributed by atoms with van der Waals surface area (Å²) in [5, 5.41) is 1.05. The molecule has 1 heterocycles. The van der Waals surface area contributed by atoms with Crippen molar-refractivity contribution in [1.82, 2.24) is 4.98 Å². The maximum Gasteiger partial charge on any atom is 0.314 e. The normalized spacial score (nSPS) is 19.7. The fourth-order valence-electron chi connectivity index (χ4n) is 2.01. The first-order valence-corrected chi connectivity index (χ1v) is 6.17. The van der Waals surface area contributed by atoms with Gasteiger partial charge in [0, 0.05) is 4.88 Å². The van der Waals surface area contributed by atoms with E-state index in [4.69, 9.17) is 4.74 Å². The second-order valence-corrected chi connectivity index (χ2v) is 4.98. The Morgan fingerprint density at radius 1 is 1.67 bits per heavy atom. The molecule has 82 valence electrons. The molecule has 4 heteroatoms. The van der Waals surface area contributed by atoms with Crippen molar-refractivity contribution in [3.8, 4) is 0 Å². The molecule has 0 aliphatic heterocycles. The van der Waals surface area contributed by atoms with Crippen LogP contribution in [-0.4, -0.2) is 17.6 Å². The highest BCUT2D eigenvalue weighted by Gasteiger charge is 2.30. The topological polar surface area (TPSA) is 39.2 Å². The number of ether oxygens (including phenoxy) is 1. The molecule has 15 heavy (non-hydrogen) atoms. The van der Waals surface area contributed by atoms with Gasteiger partial charge in [-0.3, -0.25) is 4.79 Å². The van der Waals surface area contributed by atoms with Gasteiger partial charge in [0.05, 0.1) is 23.2 Å². The molecule has 0 saturated carbocycles. The summed E-state index contributed by atoms with van der Waals surface area (Å²) in [6.45, 7) is 4.30. The Kier molecular flexibility index (Phi) is 3.05. The number of aryl methyl sites for hydroxylation is 2. The van der Waals surface area contributed by atoms with Crippen LogP contribution >= 0.6 is 11.3 Å². The van der Waals surface area contributed by atoms with Crippen molar-refractivity contribution in [1.29, 1.82) is 0 Å². The summed E-state index contributed by atoms with van der Waals surface area (Å²) in [7, 11) is 0. The number of aromatic nitrogens is 1. The third-order valence-corrected chi connectivity index (χ3v) is 3.76. The number of esters is 1. The molecular formula is C11H15NO2S. The predicted octanol–water partition coefficient (Wildman–Crippen LogP) is 2.43. The van der Waals surface area contributed by atoms with E-state index in [0.717, 1.165) is 34.8 Å². The van der Waals surface area contributed by atoms with Gasteiger partial charge in [0.15, 0.2) is 0 Å². The molecule has 1 aliphatic carbocycles. The summed E-state index contributed by atoms with van der Waals surface area (Å²) in [6, 6.07) is 0.